The summed E-state index contributed by atoms with van der Waals surface area (Å²) in [5.41, 5.74) is 1.02. The highest BCUT2D eigenvalue weighted by molar-refractivity contribution is 7.14. The zero-order chi connectivity index (χ0) is 21.1. The number of piperazine rings is 1. The lowest BCUT2D eigenvalue weighted by Crippen LogP contribution is -2.48. The standard InChI is InChI=1S/C20H18ClF2N5OS/c21-15-3-1-2-14(18(15)23)19(29)28-8-6-27(7-9-28)12-13-4-5-17(24-10-13)26-20-25-11-16(22)30-20/h1-5,10-11H,6-9,12H2,(H,24,25,26). The summed E-state index contributed by atoms with van der Waals surface area (Å²) < 4.78 is 27.1. The minimum Gasteiger partial charge on any atom is -0.336 e. The highest BCUT2D eigenvalue weighted by Crippen LogP contribution is 2.22. The maximum Gasteiger partial charge on any atom is 0.256 e. The van der Waals surface area contributed by atoms with Gasteiger partial charge >= 0.3 is 0 Å². The minimum absolute atomic E-state index is 0.00310. The van der Waals surface area contributed by atoms with Gasteiger partial charge in [-0.2, -0.15) is 4.39 Å². The fourth-order valence-corrected chi connectivity index (χ4v) is 3.95. The first-order chi connectivity index (χ1) is 14.5. The first-order valence-electron chi connectivity index (χ1n) is 9.28. The predicted molar refractivity (Wildman–Crippen MR) is 112 cm³/mol. The number of nitrogens with zero attached hydrogens (tertiary/aromatic N) is 4. The van der Waals surface area contributed by atoms with Crippen molar-refractivity contribution in [1.82, 2.24) is 19.8 Å². The zero-order valence-electron chi connectivity index (χ0n) is 15.8. The van der Waals surface area contributed by atoms with Crippen LogP contribution >= 0.6 is 22.9 Å². The van der Waals surface area contributed by atoms with Crippen molar-refractivity contribution >= 4 is 39.8 Å². The largest absolute Gasteiger partial charge is 0.336 e. The summed E-state index contributed by atoms with van der Waals surface area (Å²) in [6, 6.07) is 8.22. The Kier molecular flexibility index (Phi) is 6.21. The van der Waals surface area contributed by atoms with Gasteiger partial charge in [-0.3, -0.25) is 9.69 Å². The number of carbonyl (C=O) groups excluding carboxylic acids is 1. The van der Waals surface area contributed by atoms with Crippen LogP contribution in [0.1, 0.15) is 15.9 Å². The van der Waals surface area contributed by atoms with Gasteiger partial charge in [-0.15, -0.1) is 0 Å². The van der Waals surface area contributed by atoms with Crippen LogP contribution in [0.3, 0.4) is 0 Å². The van der Waals surface area contributed by atoms with Gasteiger partial charge in [0.15, 0.2) is 16.1 Å². The van der Waals surface area contributed by atoms with Gasteiger partial charge in [0.1, 0.15) is 5.82 Å². The number of amides is 1. The molecule has 1 amide bonds. The Bertz CT molecular complexity index is 1040. The van der Waals surface area contributed by atoms with Crippen molar-refractivity contribution in [3.63, 3.8) is 0 Å². The van der Waals surface area contributed by atoms with E-state index in [1.54, 1.807) is 17.2 Å². The Labute approximate surface area is 181 Å². The molecule has 10 heteroatoms. The normalized spacial score (nSPS) is 14.7. The molecule has 0 radical (unpaired) electrons. The molecule has 0 unspecified atom stereocenters. The van der Waals surface area contributed by atoms with Crippen LogP contribution < -0.4 is 5.32 Å². The maximum atomic E-state index is 14.1. The van der Waals surface area contributed by atoms with Crippen LogP contribution in [0.15, 0.2) is 42.7 Å². The average molecular weight is 450 g/mol. The van der Waals surface area contributed by atoms with E-state index in [4.69, 9.17) is 11.6 Å². The van der Waals surface area contributed by atoms with Crippen LogP contribution in [0.4, 0.5) is 19.7 Å². The third-order valence-corrected chi connectivity index (χ3v) is 5.78. The average Bonchev–Trinajstić information content (AvgIpc) is 3.16. The third-order valence-electron chi connectivity index (χ3n) is 4.78. The lowest BCUT2D eigenvalue weighted by atomic mass is 10.1. The molecule has 0 spiro atoms. The molecule has 0 atom stereocenters. The molecule has 1 aromatic carbocycles. The second-order valence-corrected chi connectivity index (χ2v) is 8.20. The number of aromatic nitrogens is 2. The molecular formula is C20H18ClF2N5OS. The molecule has 30 heavy (non-hydrogen) atoms. The van der Waals surface area contributed by atoms with Crippen LogP contribution in [-0.2, 0) is 6.54 Å². The van der Waals surface area contributed by atoms with E-state index in [2.05, 4.69) is 20.2 Å². The first-order valence-corrected chi connectivity index (χ1v) is 10.5. The van der Waals surface area contributed by atoms with Gasteiger partial charge in [-0.05, 0) is 23.8 Å². The first kappa shape index (κ1) is 20.6. The number of halogens is 3. The predicted octanol–water partition coefficient (Wildman–Crippen LogP) is 4.17. The van der Waals surface area contributed by atoms with Crippen molar-refractivity contribution in [2.45, 2.75) is 6.54 Å². The summed E-state index contributed by atoms with van der Waals surface area (Å²) in [5.74, 6) is -0.427. The third kappa shape index (κ3) is 4.75. The lowest BCUT2D eigenvalue weighted by molar-refractivity contribution is 0.0624. The fraction of sp³-hybridized carbons (Fsp3) is 0.250. The quantitative estimate of drug-likeness (QED) is 0.633. The summed E-state index contributed by atoms with van der Waals surface area (Å²) >= 11 is 6.70. The number of thiazole rings is 1. The number of hydrogen-bond donors (Lipinski definition) is 1. The van der Waals surface area contributed by atoms with Crippen LogP contribution in [0.5, 0.6) is 0 Å². The molecule has 4 rings (SSSR count). The number of benzene rings is 1. The summed E-state index contributed by atoms with van der Waals surface area (Å²) in [5, 5.41) is 3.00. The van der Waals surface area contributed by atoms with Crippen molar-refractivity contribution in [2.24, 2.45) is 0 Å². The molecule has 0 aliphatic carbocycles. The van der Waals surface area contributed by atoms with E-state index in [1.807, 2.05) is 12.1 Å². The Hall–Kier alpha value is -2.62. The summed E-state index contributed by atoms with van der Waals surface area (Å²) in [6.07, 6.45) is 2.91. The van der Waals surface area contributed by atoms with Gasteiger partial charge in [0, 0.05) is 38.9 Å². The Morgan fingerprint density at radius 3 is 2.57 bits per heavy atom. The Morgan fingerprint density at radius 1 is 1.10 bits per heavy atom. The van der Waals surface area contributed by atoms with Crippen molar-refractivity contribution in [1.29, 1.82) is 0 Å². The minimum atomic E-state index is -0.674. The summed E-state index contributed by atoms with van der Waals surface area (Å²) in [6.45, 7) is 3.05. The number of anilines is 2. The zero-order valence-corrected chi connectivity index (χ0v) is 17.4. The highest BCUT2D eigenvalue weighted by Gasteiger charge is 2.24. The van der Waals surface area contributed by atoms with Gasteiger partial charge in [-0.1, -0.05) is 35.1 Å². The molecule has 0 saturated carbocycles. The monoisotopic (exact) mass is 449 g/mol. The number of nitrogens with one attached hydrogen (secondary N) is 1. The molecular weight excluding hydrogens is 432 g/mol. The van der Waals surface area contributed by atoms with E-state index in [0.29, 0.717) is 43.7 Å². The molecule has 1 fully saturated rings. The van der Waals surface area contributed by atoms with E-state index < -0.39 is 5.82 Å². The maximum absolute atomic E-state index is 14.1. The smallest absolute Gasteiger partial charge is 0.256 e. The van der Waals surface area contributed by atoms with E-state index in [-0.39, 0.29) is 21.6 Å². The number of pyridine rings is 1. The molecule has 1 N–H and O–H groups in total. The fourth-order valence-electron chi connectivity index (χ4n) is 3.22. The van der Waals surface area contributed by atoms with E-state index in [1.165, 1.54) is 12.1 Å². The SMILES string of the molecule is O=C(c1cccc(Cl)c1F)N1CCN(Cc2ccc(Nc3ncc(F)s3)nc2)CC1. The van der Waals surface area contributed by atoms with E-state index in [9.17, 15) is 13.6 Å². The van der Waals surface area contributed by atoms with Crippen molar-refractivity contribution in [2.75, 3.05) is 31.5 Å². The van der Waals surface area contributed by atoms with Gasteiger partial charge in [0.25, 0.3) is 5.91 Å². The van der Waals surface area contributed by atoms with Crippen molar-refractivity contribution < 1.29 is 13.6 Å². The van der Waals surface area contributed by atoms with Crippen molar-refractivity contribution in [3.05, 3.63) is 69.8 Å². The molecule has 2 aromatic heterocycles. The lowest BCUT2D eigenvalue weighted by Gasteiger charge is -2.34. The number of rotatable bonds is 5. The van der Waals surface area contributed by atoms with E-state index >= 15 is 0 Å². The number of hydrogen-bond acceptors (Lipinski definition) is 6. The van der Waals surface area contributed by atoms with Crippen LogP contribution in [0, 0.1) is 10.9 Å². The molecule has 1 aliphatic heterocycles. The van der Waals surface area contributed by atoms with Gasteiger partial charge in [0.05, 0.1) is 16.8 Å². The van der Waals surface area contributed by atoms with Crippen LogP contribution in [0.2, 0.25) is 5.02 Å². The molecule has 3 aromatic rings. The molecule has 1 aliphatic rings. The second kappa shape index (κ2) is 9.03. The molecule has 0 bridgehead atoms. The Morgan fingerprint density at radius 2 is 1.90 bits per heavy atom. The van der Waals surface area contributed by atoms with Crippen LogP contribution in [-0.4, -0.2) is 51.9 Å². The molecule has 156 valence electrons. The van der Waals surface area contributed by atoms with E-state index in [0.717, 1.165) is 23.1 Å². The van der Waals surface area contributed by atoms with Gasteiger partial charge in [-0.25, -0.2) is 14.4 Å². The topological polar surface area (TPSA) is 61.4 Å². The molecule has 3 heterocycles. The molecule has 1 saturated heterocycles. The highest BCUT2D eigenvalue weighted by atomic mass is 35.5. The number of carbonyl (C=O) groups is 1. The van der Waals surface area contributed by atoms with Gasteiger partial charge in [0.2, 0.25) is 0 Å². The van der Waals surface area contributed by atoms with Crippen molar-refractivity contribution in [3.8, 4) is 0 Å². The van der Waals surface area contributed by atoms with Gasteiger partial charge < -0.3 is 10.2 Å². The Balaban J connectivity index is 1.30. The summed E-state index contributed by atoms with van der Waals surface area (Å²) in [7, 11) is 0. The second-order valence-electron chi connectivity index (χ2n) is 6.82. The summed E-state index contributed by atoms with van der Waals surface area (Å²) in [4.78, 5) is 24.7. The van der Waals surface area contributed by atoms with Crippen LogP contribution in [0.25, 0.3) is 0 Å². The molecule has 6 nitrogen and oxygen atoms in total.